The van der Waals surface area contributed by atoms with Gasteiger partial charge in [0.25, 0.3) is 0 Å². The minimum atomic E-state index is -0.769. The standard InChI is InChI=1S/C15H11ClO2/c16-12-7-5-10(6-8-12)15(17)14-9-11-3-1-2-4-13(11)18-14/h1-9,15,17H. The highest BCUT2D eigenvalue weighted by molar-refractivity contribution is 6.30. The van der Waals surface area contributed by atoms with Gasteiger partial charge in [0.2, 0.25) is 0 Å². The van der Waals surface area contributed by atoms with Gasteiger partial charge in [-0.05, 0) is 29.8 Å². The predicted molar refractivity (Wildman–Crippen MR) is 71.7 cm³/mol. The predicted octanol–water partition coefficient (Wildman–Crippen LogP) is 4.17. The fraction of sp³-hybridized carbons (Fsp3) is 0.0667. The maximum Gasteiger partial charge on any atom is 0.138 e. The smallest absolute Gasteiger partial charge is 0.138 e. The highest BCUT2D eigenvalue weighted by Crippen LogP contribution is 2.28. The highest BCUT2D eigenvalue weighted by Gasteiger charge is 2.15. The first kappa shape index (κ1) is 11.3. The van der Waals surface area contributed by atoms with E-state index in [9.17, 15) is 5.11 Å². The van der Waals surface area contributed by atoms with Crippen LogP contribution in [0.2, 0.25) is 5.02 Å². The van der Waals surface area contributed by atoms with Crippen LogP contribution in [0, 0.1) is 0 Å². The minimum Gasteiger partial charge on any atom is -0.458 e. The molecule has 0 saturated carbocycles. The maximum absolute atomic E-state index is 10.2. The first-order valence-corrected chi connectivity index (χ1v) is 6.04. The lowest BCUT2D eigenvalue weighted by Crippen LogP contribution is -1.97. The van der Waals surface area contributed by atoms with E-state index in [-0.39, 0.29) is 0 Å². The van der Waals surface area contributed by atoms with Gasteiger partial charge >= 0.3 is 0 Å². The summed E-state index contributed by atoms with van der Waals surface area (Å²) < 4.78 is 5.63. The third-order valence-electron chi connectivity index (χ3n) is 2.90. The largest absolute Gasteiger partial charge is 0.458 e. The zero-order valence-electron chi connectivity index (χ0n) is 9.51. The Morgan fingerprint density at radius 2 is 1.72 bits per heavy atom. The minimum absolute atomic E-state index is 0.540. The van der Waals surface area contributed by atoms with Gasteiger partial charge in [-0.25, -0.2) is 0 Å². The molecule has 0 aliphatic rings. The number of aliphatic hydroxyl groups excluding tert-OH is 1. The summed E-state index contributed by atoms with van der Waals surface area (Å²) in [5, 5.41) is 11.9. The topological polar surface area (TPSA) is 33.4 Å². The van der Waals surface area contributed by atoms with E-state index >= 15 is 0 Å². The molecule has 18 heavy (non-hydrogen) atoms. The van der Waals surface area contributed by atoms with Crippen molar-refractivity contribution < 1.29 is 9.52 Å². The number of fused-ring (bicyclic) bond motifs is 1. The Balaban J connectivity index is 2.00. The van der Waals surface area contributed by atoms with Crippen LogP contribution in [0.4, 0.5) is 0 Å². The van der Waals surface area contributed by atoms with Gasteiger partial charge in [0, 0.05) is 10.4 Å². The van der Waals surface area contributed by atoms with Gasteiger partial charge in [-0.15, -0.1) is 0 Å². The van der Waals surface area contributed by atoms with E-state index in [1.165, 1.54) is 0 Å². The number of aliphatic hydroxyl groups is 1. The molecular formula is C15H11ClO2. The molecule has 2 aromatic carbocycles. The fourth-order valence-electron chi connectivity index (χ4n) is 1.95. The molecule has 3 heteroatoms. The van der Waals surface area contributed by atoms with Crippen LogP contribution in [0.1, 0.15) is 17.4 Å². The average molecular weight is 259 g/mol. The Hall–Kier alpha value is -1.77. The van der Waals surface area contributed by atoms with Gasteiger partial charge in [0.15, 0.2) is 0 Å². The zero-order chi connectivity index (χ0) is 12.5. The second-order valence-electron chi connectivity index (χ2n) is 4.14. The fourth-order valence-corrected chi connectivity index (χ4v) is 2.07. The summed E-state index contributed by atoms with van der Waals surface area (Å²) in [5.74, 6) is 0.540. The summed E-state index contributed by atoms with van der Waals surface area (Å²) in [6.07, 6.45) is -0.769. The Kier molecular flexibility index (Phi) is 2.82. The maximum atomic E-state index is 10.2. The Labute approximate surface area is 109 Å². The monoisotopic (exact) mass is 258 g/mol. The van der Waals surface area contributed by atoms with Crippen molar-refractivity contribution in [2.75, 3.05) is 0 Å². The van der Waals surface area contributed by atoms with Gasteiger partial charge in [0.05, 0.1) is 0 Å². The van der Waals surface area contributed by atoms with E-state index in [0.29, 0.717) is 10.8 Å². The summed E-state index contributed by atoms with van der Waals surface area (Å²) in [6, 6.07) is 16.6. The highest BCUT2D eigenvalue weighted by atomic mass is 35.5. The molecule has 0 aliphatic heterocycles. The Morgan fingerprint density at radius 3 is 2.44 bits per heavy atom. The van der Waals surface area contributed by atoms with Crippen molar-refractivity contribution in [2.24, 2.45) is 0 Å². The molecule has 1 atom stereocenters. The van der Waals surface area contributed by atoms with Gasteiger partial charge in [-0.2, -0.15) is 0 Å². The molecule has 1 unspecified atom stereocenters. The number of benzene rings is 2. The van der Waals surface area contributed by atoms with Crippen LogP contribution in [-0.2, 0) is 0 Å². The van der Waals surface area contributed by atoms with E-state index in [4.69, 9.17) is 16.0 Å². The van der Waals surface area contributed by atoms with Crippen LogP contribution >= 0.6 is 11.6 Å². The summed E-state index contributed by atoms with van der Waals surface area (Å²) in [7, 11) is 0. The van der Waals surface area contributed by atoms with Gasteiger partial charge in [0.1, 0.15) is 17.4 Å². The number of rotatable bonds is 2. The Morgan fingerprint density at radius 1 is 1.00 bits per heavy atom. The molecule has 1 N–H and O–H groups in total. The number of halogens is 1. The van der Waals surface area contributed by atoms with E-state index in [1.807, 2.05) is 30.3 Å². The van der Waals surface area contributed by atoms with Crippen molar-refractivity contribution in [3.63, 3.8) is 0 Å². The molecule has 90 valence electrons. The molecule has 0 aliphatic carbocycles. The van der Waals surface area contributed by atoms with Crippen molar-refractivity contribution in [1.29, 1.82) is 0 Å². The zero-order valence-corrected chi connectivity index (χ0v) is 10.3. The van der Waals surface area contributed by atoms with Crippen molar-refractivity contribution in [2.45, 2.75) is 6.10 Å². The van der Waals surface area contributed by atoms with Crippen molar-refractivity contribution in [3.05, 3.63) is 70.9 Å². The molecule has 0 amide bonds. The number of hydrogen-bond donors (Lipinski definition) is 1. The summed E-state index contributed by atoms with van der Waals surface area (Å²) in [4.78, 5) is 0. The normalized spacial score (nSPS) is 12.8. The van der Waals surface area contributed by atoms with Crippen molar-refractivity contribution in [3.8, 4) is 0 Å². The first-order valence-electron chi connectivity index (χ1n) is 5.66. The molecule has 0 fully saturated rings. The molecule has 3 rings (SSSR count). The lowest BCUT2D eigenvalue weighted by Gasteiger charge is -2.07. The van der Waals surface area contributed by atoms with Crippen LogP contribution in [0.15, 0.2) is 59.0 Å². The summed E-state index contributed by atoms with van der Waals surface area (Å²) in [5.41, 5.74) is 1.54. The molecule has 2 nitrogen and oxygen atoms in total. The van der Waals surface area contributed by atoms with Gasteiger partial charge in [-0.3, -0.25) is 0 Å². The quantitative estimate of drug-likeness (QED) is 0.748. The molecule has 3 aromatic rings. The van der Waals surface area contributed by atoms with Crippen LogP contribution in [-0.4, -0.2) is 5.11 Å². The molecule has 1 aromatic heterocycles. The van der Waals surface area contributed by atoms with Crippen molar-refractivity contribution in [1.82, 2.24) is 0 Å². The van der Waals surface area contributed by atoms with Gasteiger partial charge < -0.3 is 9.52 Å². The summed E-state index contributed by atoms with van der Waals surface area (Å²) >= 11 is 5.82. The lowest BCUT2D eigenvalue weighted by atomic mass is 10.1. The molecule has 0 saturated heterocycles. The Bertz CT molecular complexity index is 637. The third-order valence-corrected chi connectivity index (χ3v) is 3.15. The molecular weight excluding hydrogens is 248 g/mol. The average Bonchev–Trinajstić information content (AvgIpc) is 2.82. The van der Waals surface area contributed by atoms with E-state index in [0.717, 1.165) is 16.5 Å². The first-order chi connectivity index (χ1) is 8.74. The summed E-state index contributed by atoms with van der Waals surface area (Å²) in [6.45, 7) is 0. The molecule has 0 spiro atoms. The molecule has 1 heterocycles. The second-order valence-corrected chi connectivity index (χ2v) is 4.58. The SMILES string of the molecule is OC(c1ccc(Cl)cc1)c1cc2ccccc2o1. The van der Waals surface area contributed by atoms with E-state index in [2.05, 4.69) is 0 Å². The second kappa shape index (κ2) is 4.48. The molecule has 0 bridgehead atoms. The van der Waals surface area contributed by atoms with Crippen LogP contribution in [0.5, 0.6) is 0 Å². The van der Waals surface area contributed by atoms with Crippen LogP contribution in [0.25, 0.3) is 11.0 Å². The number of hydrogen-bond acceptors (Lipinski definition) is 2. The van der Waals surface area contributed by atoms with E-state index in [1.54, 1.807) is 24.3 Å². The van der Waals surface area contributed by atoms with E-state index < -0.39 is 6.10 Å². The van der Waals surface area contributed by atoms with Crippen LogP contribution in [0.3, 0.4) is 0 Å². The number of furan rings is 1. The van der Waals surface area contributed by atoms with Crippen LogP contribution < -0.4 is 0 Å². The lowest BCUT2D eigenvalue weighted by molar-refractivity contribution is 0.192. The van der Waals surface area contributed by atoms with Crippen molar-refractivity contribution >= 4 is 22.6 Å². The number of para-hydroxylation sites is 1. The van der Waals surface area contributed by atoms with Gasteiger partial charge in [-0.1, -0.05) is 41.9 Å². The molecule has 0 radical (unpaired) electrons. The third kappa shape index (κ3) is 2.01.